The van der Waals surface area contributed by atoms with Crippen molar-refractivity contribution in [1.82, 2.24) is 4.90 Å². The van der Waals surface area contributed by atoms with Gasteiger partial charge in [0.25, 0.3) is 5.91 Å². The summed E-state index contributed by atoms with van der Waals surface area (Å²) in [5.74, 6) is -2.09. The molecule has 0 N–H and O–H groups in total. The summed E-state index contributed by atoms with van der Waals surface area (Å²) in [6.07, 6.45) is 0. The number of amides is 1. The van der Waals surface area contributed by atoms with Crippen LogP contribution in [-0.2, 0) is 4.74 Å². The highest BCUT2D eigenvalue weighted by molar-refractivity contribution is 6.21. The Kier molecular flexibility index (Phi) is 5.69. The Morgan fingerprint density at radius 2 is 2.05 bits per heavy atom. The molecule has 0 spiro atoms. The summed E-state index contributed by atoms with van der Waals surface area (Å²) >= 11 is 5.93. The number of hydrogen-bond acceptors (Lipinski definition) is 2. The van der Waals surface area contributed by atoms with E-state index in [4.69, 9.17) is 16.3 Å². The van der Waals surface area contributed by atoms with Gasteiger partial charge in [0, 0.05) is 26.8 Å². The zero-order valence-corrected chi connectivity index (χ0v) is 11.8. The maximum Gasteiger partial charge on any atom is 0.256 e. The molecular weight excluding hydrogens is 276 g/mol. The van der Waals surface area contributed by atoms with Gasteiger partial charge in [-0.3, -0.25) is 4.79 Å². The van der Waals surface area contributed by atoms with Gasteiger partial charge in [0.1, 0.15) is 11.6 Å². The lowest BCUT2D eigenvalue weighted by Crippen LogP contribution is -2.34. The topological polar surface area (TPSA) is 29.5 Å². The predicted octanol–water partition coefficient (Wildman–Crippen LogP) is 2.60. The molecular formula is C13H16ClF2NO2. The Morgan fingerprint density at radius 3 is 2.63 bits per heavy atom. The maximum atomic E-state index is 13.6. The van der Waals surface area contributed by atoms with E-state index in [1.54, 1.807) is 0 Å². The number of hydrogen-bond donors (Lipinski definition) is 0. The summed E-state index contributed by atoms with van der Waals surface area (Å²) in [6, 6.07) is 1.91. The van der Waals surface area contributed by atoms with Crippen molar-refractivity contribution >= 4 is 17.5 Å². The summed E-state index contributed by atoms with van der Waals surface area (Å²) in [4.78, 5) is 13.3. The van der Waals surface area contributed by atoms with Crippen LogP contribution < -0.4 is 0 Å². The summed E-state index contributed by atoms with van der Waals surface area (Å²) in [5.41, 5.74) is 0.0557. The third kappa shape index (κ3) is 4.14. The lowest BCUT2D eigenvalue weighted by Gasteiger charge is -2.20. The molecule has 0 aliphatic heterocycles. The lowest BCUT2D eigenvalue weighted by molar-refractivity contribution is 0.0777. The van der Waals surface area contributed by atoms with Gasteiger partial charge in [-0.05, 0) is 18.6 Å². The molecule has 3 nitrogen and oxygen atoms in total. The second-order valence-electron chi connectivity index (χ2n) is 4.32. The van der Waals surface area contributed by atoms with E-state index in [2.05, 4.69) is 0 Å². The van der Waals surface area contributed by atoms with Crippen molar-refractivity contribution in [3.05, 3.63) is 34.9 Å². The van der Waals surface area contributed by atoms with E-state index in [0.29, 0.717) is 6.07 Å². The van der Waals surface area contributed by atoms with E-state index in [9.17, 15) is 13.6 Å². The minimum Gasteiger partial charge on any atom is -0.383 e. The Morgan fingerprint density at radius 1 is 1.42 bits per heavy atom. The summed E-state index contributed by atoms with van der Waals surface area (Å²) in [6.45, 7) is 1.97. The van der Waals surface area contributed by atoms with Gasteiger partial charge in [-0.25, -0.2) is 8.78 Å². The van der Waals surface area contributed by atoms with Crippen molar-refractivity contribution in [2.45, 2.75) is 12.3 Å². The molecule has 0 fully saturated rings. The molecule has 0 aliphatic carbocycles. The first kappa shape index (κ1) is 15.9. The van der Waals surface area contributed by atoms with Crippen molar-refractivity contribution in [2.24, 2.45) is 0 Å². The molecule has 1 amide bonds. The number of carbonyl (C=O) groups is 1. The molecule has 0 saturated heterocycles. The normalized spacial score (nSPS) is 12.3. The number of ether oxygens (including phenoxy) is 1. The van der Waals surface area contributed by atoms with Crippen molar-refractivity contribution < 1.29 is 18.3 Å². The van der Waals surface area contributed by atoms with Crippen molar-refractivity contribution in [2.75, 3.05) is 27.3 Å². The largest absolute Gasteiger partial charge is 0.383 e. The molecule has 0 aliphatic rings. The minimum absolute atomic E-state index is 0.164. The predicted molar refractivity (Wildman–Crippen MR) is 69.6 cm³/mol. The van der Waals surface area contributed by atoms with E-state index in [-0.39, 0.29) is 29.7 Å². The molecule has 1 aromatic carbocycles. The van der Waals surface area contributed by atoms with Gasteiger partial charge in [0.05, 0.1) is 17.5 Å². The Hall–Kier alpha value is -1.20. The van der Waals surface area contributed by atoms with Gasteiger partial charge in [-0.15, -0.1) is 11.6 Å². The maximum absolute atomic E-state index is 13.6. The van der Waals surface area contributed by atoms with Crippen LogP contribution in [0.2, 0.25) is 0 Å². The molecule has 1 rings (SSSR count). The number of halogens is 3. The summed E-state index contributed by atoms with van der Waals surface area (Å²) in [5, 5.41) is -0.386. The molecule has 0 bridgehead atoms. The first-order chi connectivity index (χ1) is 8.86. The van der Waals surface area contributed by atoms with Crippen LogP contribution in [0.15, 0.2) is 12.1 Å². The van der Waals surface area contributed by atoms with E-state index in [1.807, 2.05) is 0 Å². The van der Waals surface area contributed by atoms with Gasteiger partial charge in [-0.2, -0.15) is 0 Å². The smallest absolute Gasteiger partial charge is 0.256 e. The quantitative estimate of drug-likeness (QED) is 0.781. The minimum atomic E-state index is -0.877. The van der Waals surface area contributed by atoms with Crippen LogP contribution in [0.25, 0.3) is 0 Å². The van der Waals surface area contributed by atoms with Gasteiger partial charge in [0.2, 0.25) is 0 Å². The third-order valence-electron chi connectivity index (χ3n) is 2.64. The highest BCUT2D eigenvalue weighted by Gasteiger charge is 2.20. The zero-order chi connectivity index (χ0) is 14.6. The molecule has 19 heavy (non-hydrogen) atoms. The number of rotatable bonds is 5. The Bertz CT molecular complexity index is 468. The van der Waals surface area contributed by atoms with Gasteiger partial charge >= 0.3 is 0 Å². The fourth-order valence-electron chi connectivity index (χ4n) is 1.64. The first-order valence-electron chi connectivity index (χ1n) is 5.71. The second kappa shape index (κ2) is 6.82. The van der Waals surface area contributed by atoms with Gasteiger partial charge < -0.3 is 9.64 Å². The second-order valence-corrected chi connectivity index (χ2v) is 4.94. The average molecular weight is 292 g/mol. The van der Waals surface area contributed by atoms with Crippen LogP contribution in [0.4, 0.5) is 8.78 Å². The Balaban J connectivity index is 2.85. The summed E-state index contributed by atoms with van der Waals surface area (Å²) in [7, 11) is 3.01. The summed E-state index contributed by atoms with van der Waals surface area (Å²) < 4.78 is 31.6. The molecule has 106 valence electrons. The van der Waals surface area contributed by atoms with Crippen molar-refractivity contribution in [1.29, 1.82) is 0 Å². The van der Waals surface area contributed by atoms with E-state index < -0.39 is 17.5 Å². The number of nitrogens with zero attached hydrogens (tertiary/aromatic N) is 1. The molecule has 0 heterocycles. The van der Waals surface area contributed by atoms with Crippen LogP contribution in [0.5, 0.6) is 0 Å². The third-order valence-corrected chi connectivity index (χ3v) is 2.91. The monoisotopic (exact) mass is 291 g/mol. The highest BCUT2D eigenvalue weighted by Crippen LogP contribution is 2.16. The standard InChI is InChI=1S/C13H16ClF2NO2/c1-8-4-10(12(16)5-11(8)15)13(18)17(2)6-9(14)7-19-3/h4-5,9H,6-7H2,1-3H3. The number of aryl methyl sites for hydroxylation is 1. The number of carbonyl (C=O) groups excluding carboxylic acids is 1. The van der Waals surface area contributed by atoms with E-state index in [0.717, 1.165) is 0 Å². The molecule has 0 aromatic heterocycles. The SMILES string of the molecule is COCC(Cl)CN(C)C(=O)c1cc(C)c(F)cc1F. The van der Waals surface area contributed by atoms with Crippen molar-refractivity contribution in [3.8, 4) is 0 Å². The number of methoxy groups -OCH3 is 1. The lowest BCUT2D eigenvalue weighted by atomic mass is 10.1. The van der Waals surface area contributed by atoms with Crippen molar-refractivity contribution in [3.63, 3.8) is 0 Å². The van der Waals surface area contributed by atoms with Crippen LogP contribution in [0, 0.1) is 18.6 Å². The van der Waals surface area contributed by atoms with Crippen LogP contribution >= 0.6 is 11.6 Å². The number of alkyl halides is 1. The van der Waals surface area contributed by atoms with Gasteiger partial charge in [0.15, 0.2) is 0 Å². The molecule has 0 radical (unpaired) electrons. The van der Waals surface area contributed by atoms with Gasteiger partial charge in [-0.1, -0.05) is 0 Å². The average Bonchev–Trinajstić information content (AvgIpc) is 2.33. The molecule has 0 saturated carbocycles. The molecule has 1 aromatic rings. The zero-order valence-electron chi connectivity index (χ0n) is 11.0. The Labute approximate surface area is 116 Å². The van der Waals surface area contributed by atoms with Crippen LogP contribution in [0.1, 0.15) is 15.9 Å². The van der Waals surface area contributed by atoms with Crippen LogP contribution in [-0.4, -0.2) is 43.5 Å². The molecule has 6 heteroatoms. The van der Waals surface area contributed by atoms with E-state index >= 15 is 0 Å². The van der Waals surface area contributed by atoms with E-state index in [1.165, 1.54) is 32.0 Å². The van der Waals surface area contributed by atoms with Crippen LogP contribution in [0.3, 0.4) is 0 Å². The highest BCUT2D eigenvalue weighted by atomic mass is 35.5. The molecule has 1 atom stereocenters. The fourth-order valence-corrected chi connectivity index (χ4v) is 1.97. The molecule has 1 unspecified atom stereocenters. The fraction of sp³-hybridized carbons (Fsp3) is 0.462. The first-order valence-corrected chi connectivity index (χ1v) is 6.14. The number of benzene rings is 1.